The summed E-state index contributed by atoms with van der Waals surface area (Å²) in [4.78, 5) is 11.0. The second-order valence-electron chi connectivity index (χ2n) is 3.06. The molecule has 0 aromatic rings. The number of carbonyl (C=O) groups is 1. The Morgan fingerprint density at radius 3 is 2.69 bits per heavy atom. The first kappa shape index (κ1) is 10.4. The number of esters is 1. The molecule has 6 heteroatoms. The molecular weight excluding hydrogens is 199 g/mol. The molecule has 1 aliphatic rings. The Hall–Kier alpha value is -0.650. The van der Waals surface area contributed by atoms with Gasteiger partial charge in [-0.1, -0.05) is 0 Å². The van der Waals surface area contributed by atoms with E-state index < -0.39 is 27.9 Å². The Morgan fingerprint density at radius 1 is 1.62 bits per heavy atom. The Bertz CT molecular complexity index is 298. The van der Waals surface area contributed by atoms with Gasteiger partial charge in [0.15, 0.2) is 0 Å². The van der Waals surface area contributed by atoms with Crippen LogP contribution in [-0.2, 0) is 19.8 Å². The number of halogens is 1. The first-order valence-corrected chi connectivity index (χ1v) is 5.58. The monoisotopic (exact) mass is 210 g/mol. The fourth-order valence-electron chi connectivity index (χ4n) is 1.23. The SMILES string of the molecule is CCOC(=O)[C@@H]1C[C@H]1CS(=O)(=O)F. The normalized spacial score (nSPS) is 26.9. The Morgan fingerprint density at radius 2 is 2.23 bits per heavy atom. The van der Waals surface area contributed by atoms with E-state index in [1.807, 2.05) is 0 Å². The van der Waals surface area contributed by atoms with E-state index in [-0.39, 0.29) is 12.5 Å². The summed E-state index contributed by atoms with van der Waals surface area (Å²) in [6, 6.07) is 0. The van der Waals surface area contributed by atoms with Crippen molar-refractivity contribution in [3.63, 3.8) is 0 Å². The summed E-state index contributed by atoms with van der Waals surface area (Å²) >= 11 is 0. The highest BCUT2D eigenvalue weighted by molar-refractivity contribution is 7.86. The molecule has 0 saturated heterocycles. The van der Waals surface area contributed by atoms with Gasteiger partial charge in [0.2, 0.25) is 0 Å². The summed E-state index contributed by atoms with van der Waals surface area (Å²) in [6.07, 6.45) is 0.419. The largest absolute Gasteiger partial charge is 0.466 e. The van der Waals surface area contributed by atoms with Crippen molar-refractivity contribution >= 4 is 16.2 Å². The number of rotatable bonds is 4. The van der Waals surface area contributed by atoms with E-state index >= 15 is 0 Å². The van der Waals surface area contributed by atoms with Gasteiger partial charge in [0, 0.05) is 0 Å². The zero-order valence-electron chi connectivity index (χ0n) is 7.20. The number of ether oxygens (including phenoxy) is 1. The highest BCUT2D eigenvalue weighted by Crippen LogP contribution is 2.40. The lowest BCUT2D eigenvalue weighted by atomic mass is 10.3. The molecule has 1 fully saturated rings. The van der Waals surface area contributed by atoms with Crippen molar-refractivity contribution in [2.75, 3.05) is 12.4 Å². The predicted molar refractivity (Wildman–Crippen MR) is 43.1 cm³/mol. The van der Waals surface area contributed by atoms with E-state index in [9.17, 15) is 17.1 Å². The van der Waals surface area contributed by atoms with Crippen LogP contribution in [-0.4, -0.2) is 26.7 Å². The zero-order chi connectivity index (χ0) is 10.1. The van der Waals surface area contributed by atoms with E-state index in [1.165, 1.54) is 0 Å². The van der Waals surface area contributed by atoms with E-state index in [0.717, 1.165) is 0 Å². The maximum atomic E-state index is 12.1. The quantitative estimate of drug-likeness (QED) is 0.500. The minimum absolute atomic E-state index is 0.268. The predicted octanol–water partition coefficient (Wildman–Crippen LogP) is 0.485. The second-order valence-corrected chi connectivity index (χ2v) is 4.47. The van der Waals surface area contributed by atoms with Crippen molar-refractivity contribution < 1.29 is 21.8 Å². The lowest BCUT2D eigenvalue weighted by molar-refractivity contribution is -0.144. The molecule has 0 N–H and O–H groups in total. The summed E-state index contributed by atoms with van der Waals surface area (Å²) in [5, 5.41) is 0. The molecule has 2 atom stereocenters. The van der Waals surface area contributed by atoms with Crippen LogP contribution >= 0.6 is 0 Å². The van der Waals surface area contributed by atoms with Gasteiger partial charge in [-0.2, -0.15) is 8.42 Å². The minimum atomic E-state index is -4.45. The maximum Gasteiger partial charge on any atom is 0.309 e. The van der Waals surface area contributed by atoms with Gasteiger partial charge >= 0.3 is 16.2 Å². The maximum absolute atomic E-state index is 12.1. The van der Waals surface area contributed by atoms with Gasteiger partial charge in [0.05, 0.1) is 18.3 Å². The van der Waals surface area contributed by atoms with Crippen molar-refractivity contribution in [1.82, 2.24) is 0 Å². The van der Waals surface area contributed by atoms with E-state index in [4.69, 9.17) is 0 Å². The van der Waals surface area contributed by atoms with Crippen LogP contribution in [0.2, 0.25) is 0 Å². The molecule has 13 heavy (non-hydrogen) atoms. The molecule has 0 heterocycles. The van der Waals surface area contributed by atoms with Gasteiger partial charge in [-0.3, -0.25) is 4.79 Å². The standard InChI is InChI=1S/C7H11FO4S/c1-2-12-7(9)6-3-5(6)4-13(8,10)11/h5-6H,2-4H2,1H3/t5-,6+/m0/s1. The summed E-state index contributed by atoms with van der Waals surface area (Å²) in [5.41, 5.74) is 0. The molecule has 1 saturated carbocycles. The zero-order valence-corrected chi connectivity index (χ0v) is 8.01. The molecule has 0 unspecified atom stereocenters. The number of hydrogen-bond acceptors (Lipinski definition) is 4. The van der Waals surface area contributed by atoms with Crippen LogP contribution < -0.4 is 0 Å². The molecule has 0 spiro atoms. The van der Waals surface area contributed by atoms with Gasteiger partial charge in [-0.05, 0) is 19.3 Å². The van der Waals surface area contributed by atoms with E-state index in [0.29, 0.717) is 6.42 Å². The minimum Gasteiger partial charge on any atom is -0.466 e. The van der Waals surface area contributed by atoms with Crippen LogP contribution in [0.4, 0.5) is 3.89 Å². The van der Waals surface area contributed by atoms with E-state index in [2.05, 4.69) is 4.74 Å². The van der Waals surface area contributed by atoms with Crippen LogP contribution in [0.3, 0.4) is 0 Å². The van der Waals surface area contributed by atoms with Gasteiger partial charge in [0.25, 0.3) is 0 Å². The lowest BCUT2D eigenvalue weighted by Gasteiger charge is -1.98. The molecule has 0 aromatic carbocycles. The Kier molecular flexibility index (Phi) is 2.90. The second kappa shape index (κ2) is 3.61. The topological polar surface area (TPSA) is 60.4 Å². The average Bonchev–Trinajstić information content (AvgIpc) is 2.64. The fraction of sp³-hybridized carbons (Fsp3) is 0.857. The first-order chi connectivity index (χ1) is 5.94. The summed E-state index contributed by atoms with van der Waals surface area (Å²) in [7, 11) is -4.45. The van der Waals surface area contributed by atoms with Gasteiger partial charge in [-0.15, -0.1) is 3.89 Å². The summed E-state index contributed by atoms with van der Waals surface area (Å²) < 4.78 is 37.2. The number of hydrogen-bond donors (Lipinski definition) is 0. The highest BCUT2D eigenvalue weighted by Gasteiger charge is 2.46. The van der Waals surface area contributed by atoms with Crippen molar-refractivity contribution in [1.29, 1.82) is 0 Å². The van der Waals surface area contributed by atoms with Gasteiger partial charge in [0.1, 0.15) is 0 Å². The van der Waals surface area contributed by atoms with Crippen molar-refractivity contribution in [3.05, 3.63) is 0 Å². The Balaban J connectivity index is 2.35. The third kappa shape index (κ3) is 3.30. The van der Waals surface area contributed by atoms with Crippen LogP contribution in [0.5, 0.6) is 0 Å². The molecule has 0 aromatic heterocycles. The number of carbonyl (C=O) groups excluding carboxylic acids is 1. The van der Waals surface area contributed by atoms with Gasteiger partial charge < -0.3 is 4.74 Å². The highest BCUT2D eigenvalue weighted by atomic mass is 32.3. The third-order valence-electron chi connectivity index (χ3n) is 1.93. The molecule has 76 valence electrons. The third-order valence-corrected chi connectivity index (χ3v) is 2.75. The summed E-state index contributed by atoms with van der Waals surface area (Å²) in [6.45, 7) is 1.94. The fourth-order valence-corrected chi connectivity index (χ4v) is 2.11. The molecule has 0 radical (unpaired) electrons. The van der Waals surface area contributed by atoms with Gasteiger partial charge in [-0.25, -0.2) is 0 Å². The molecule has 0 aliphatic heterocycles. The van der Waals surface area contributed by atoms with Crippen molar-refractivity contribution in [3.8, 4) is 0 Å². The Labute approximate surface area is 76.3 Å². The van der Waals surface area contributed by atoms with E-state index in [1.54, 1.807) is 6.92 Å². The van der Waals surface area contributed by atoms with Crippen molar-refractivity contribution in [2.24, 2.45) is 11.8 Å². The molecule has 1 rings (SSSR count). The van der Waals surface area contributed by atoms with Crippen LogP contribution in [0, 0.1) is 11.8 Å². The molecule has 1 aliphatic carbocycles. The smallest absolute Gasteiger partial charge is 0.309 e. The lowest BCUT2D eigenvalue weighted by Crippen LogP contribution is -2.10. The van der Waals surface area contributed by atoms with Crippen LogP contribution in [0.1, 0.15) is 13.3 Å². The molecule has 0 bridgehead atoms. The molecule has 0 amide bonds. The van der Waals surface area contributed by atoms with Crippen molar-refractivity contribution in [2.45, 2.75) is 13.3 Å². The molecule has 4 nitrogen and oxygen atoms in total. The molecular formula is C7H11FO4S. The first-order valence-electron chi connectivity index (χ1n) is 4.03. The summed E-state index contributed by atoms with van der Waals surface area (Å²) in [5.74, 6) is -1.77. The van der Waals surface area contributed by atoms with Crippen LogP contribution in [0.15, 0.2) is 0 Å². The average molecular weight is 210 g/mol. The van der Waals surface area contributed by atoms with Crippen LogP contribution in [0.25, 0.3) is 0 Å².